The fourth-order valence-corrected chi connectivity index (χ4v) is 2.95. The van der Waals surface area contributed by atoms with E-state index >= 15 is 0 Å². The topological polar surface area (TPSA) is 29.5 Å². The highest BCUT2D eigenvalue weighted by molar-refractivity contribution is 8.76. The van der Waals surface area contributed by atoms with E-state index in [-0.39, 0.29) is 0 Å². The monoisotopic (exact) mass is 210 g/mol. The van der Waals surface area contributed by atoms with Crippen molar-refractivity contribution in [1.29, 1.82) is 0 Å². The minimum Gasteiger partial charge on any atom is -0.400 e. The van der Waals surface area contributed by atoms with Gasteiger partial charge in [-0.3, -0.25) is 0 Å². The molecule has 0 bridgehead atoms. The van der Waals surface area contributed by atoms with Crippen LogP contribution in [0.4, 0.5) is 0 Å². The average molecular weight is 210 g/mol. The van der Waals surface area contributed by atoms with E-state index in [9.17, 15) is 0 Å². The van der Waals surface area contributed by atoms with Gasteiger partial charge in [0.2, 0.25) is 0 Å². The SMILES string of the molecule is CCSSC1CCCCO1.CO. The molecule has 1 N–H and O–H groups in total. The number of ether oxygens (including phenoxy) is 1. The van der Waals surface area contributed by atoms with Crippen LogP contribution < -0.4 is 0 Å². The number of aliphatic hydroxyl groups excluding tert-OH is 1. The first-order valence-electron chi connectivity index (χ1n) is 4.28. The fraction of sp³-hybridized carbons (Fsp3) is 1.00. The molecule has 1 aliphatic rings. The number of rotatable bonds is 3. The van der Waals surface area contributed by atoms with Gasteiger partial charge in [0.15, 0.2) is 0 Å². The highest BCUT2D eigenvalue weighted by Gasteiger charge is 2.13. The third-order valence-corrected chi connectivity index (χ3v) is 4.15. The van der Waals surface area contributed by atoms with Gasteiger partial charge < -0.3 is 9.84 Å². The summed E-state index contributed by atoms with van der Waals surface area (Å²) in [7, 11) is 4.80. The Bertz CT molecular complexity index is 85.1. The van der Waals surface area contributed by atoms with Crippen LogP contribution in [0.3, 0.4) is 0 Å². The lowest BCUT2D eigenvalue weighted by Crippen LogP contribution is -2.14. The molecule has 0 aliphatic carbocycles. The van der Waals surface area contributed by atoms with E-state index in [2.05, 4.69) is 6.92 Å². The maximum Gasteiger partial charge on any atom is 0.113 e. The first-order valence-corrected chi connectivity index (χ1v) is 6.66. The van der Waals surface area contributed by atoms with Gasteiger partial charge in [0.25, 0.3) is 0 Å². The summed E-state index contributed by atoms with van der Waals surface area (Å²) in [6, 6.07) is 0. The quantitative estimate of drug-likeness (QED) is 0.725. The Morgan fingerprint density at radius 1 is 1.42 bits per heavy atom. The molecule has 0 aromatic rings. The predicted octanol–water partition coefficient (Wildman–Crippen LogP) is 2.52. The van der Waals surface area contributed by atoms with Crippen molar-refractivity contribution in [2.45, 2.75) is 31.6 Å². The van der Waals surface area contributed by atoms with Crippen molar-refractivity contribution in [2.75, 3.05) is 19.5 Å². The second-order valence-electron chi connectivity index (χ2n) is 2.30. The fourth-order valence-electron chi connectivity index (χ4n) is 0.931. The van der Waals surface area contributed by atoms with E-state index in [1.165, 1.54) is 25.0 Å². The van der Waals surface area contributed by atoms with Crippen molar-refractivity contribution >= 4 is 21.6 Å². The van der Waals surface area contributed by atoms with E-state index < -0.39 is 0 Å². The van der Waals surface area contributed by atoms with Gasteiger partial charge in [-0.15, -0.1) is 0 Å². The Kier molecular flexibility index (Phi) is 10.2. The zero-order valence-corrected chi connectivity index (χ0v) is 9.42. The first-order chi connectivity index (χ1) is 5.93. The van der Waals surface area contributed by atoms with Gasteiger partial charge in [0.05, 0.1) is 0 Å². The molecule has 0 radical (unpaired) electrons. The Morgan fingerprint density at radius 3 is 2.67 bits per heavy atom. The Labute approximate surface area is 82.8 Å². The molecule has 1 fully saturated rings. The molecule has 1 heterocycles. The molecule has 4 heteroatoms. The molecule has 0 aromatic heterocycles. The predicted molar refractivity (Wildman–Crippen MR) is 57.5 cm³/mol. The smallest absolute Gasteiger partial charge is 0.113 e. The van der Waals surface area contributed by atoms with Crippen LogP contribution in [-0.2, 0) is 4.74 Å². The van der Waals surface area contributed by atoms with Crippen molar-refractivity contribution in [3.8, 4) is 0 Å². The summed E-state index contributed by atoms with van der Waals surface area (Å²) in [5.41, 5.74) is 0.485. The molecule has 0 spiro atoms. The first kappa shape index (κ1) is 12.6. The maximum atomic E-state index is 7.00. The average Bonchev–Trinajstić information content (AvgIpc) is 2.19. The number of hydrogen-bond donors (Lipinski definition) is 1. The summed E-state index contributed by atoms with van der Waals surface area (Å²) in [5.74, 6) is 1.19. The zero-order chi connectivity index (χ0) is 9.23. The molecule has 0 aromatic carbocycles. The van der Waals surface area contributed by atoms with Crippen LogP contribution in [-0.4, -0.2) is 30.0 Å². The lowest BCUT2D eigenvalue weighted by molar-refractivity contribution is 0.0738. The van der Waals surface area contributed by atoms with Crippen LogP contribution in [0.15, 0.2) is 0 Å². The van der Waals surface area contributed by atoms with Gasteiger partial charge in [-0.25, -0.2) is 0 Å². The van der Waals surface area contributed by atoms with Gasteiger partial charge in [0.1, 0.15) is 5.44 Å². The van der Waals surface area contributed by atoms with E-state index in [1.54, 1.807) is 0 Å². The maximum absolute atomic E-state index is 7.00. The van der Waals surface area contributed by atoms with E-state index in [0.717, 1.165) is 13.7 Å². The highest BCUT2D eigenvalue weighted by Crippen LogP contribution is 2.32. The molecule has 1 unspecified atom stereocenters. The number of aliphatic hydroxyl groups is 1. The van der Waals surface area contributed by atoms with Crippen molar-refractivity contribution in [3.63, 3.8) is 0 Å². The molecule has 1 aliphatic heterocycles. The largest absolute Gasteiger partial charge is 0.400 e. The second-order valence-corrected chi connectivity index (χ2v) is 5.11. The minimum atomic E-state index is 0.485. The van der Waals surface area contributed by atoms with Crippen molar-refractivity contribution < 1.29 is 9.84 Å². The van der Waals surface area contributed by atoms with Crippen LogP contribution in [0.5, 0.6) is 0 Å². The van der Waals surface area contributed by atoms with Crippen LogP contribution >= 0.6 is 21.6 Å². The lowest BCUT2D eigenvalue weighted by Gasteiger charge is -2.20. The van der Waals surface area contributed by atoms with E-state index in [4.69, 9.17) is 9.84 Å². The van der Waals surface area contributed by atoms with Crippen molar-refractivity contribution in [2.24, 2.45) is 0 Å². The summed E-state index contributed by atoms with van der Waals surface area (Å²) in [6.07, 6.45) is 3.85. The van der Waals surface area contributed by atoms with Gasteiger partial charge in [-0.1, -0.05) is 28.5 Å². The molecule has 0 saturated carbocycles. The Balaban J connectivity index is 0.000000561. The van der Waals surface area contributed by atoms with Crippen LogP contribution in [0.25, 0.3) is 0 Å². The second kappa shape index (κ2) is 9.71. The normalized spacial score (nSPS) is 22.8. The van der Waals surface area contributed by atoms with Gasteiger partial charge >= 0.3 is 0 Å². The van der Waals surface area contributed by atoms with Crippen LogP contribution in [0, 0.1) is 0 Å². The third kappa shape index (κ3) is 6.17. The molecule has 1 rings (SSSR count). The molecule has 74 valence electrons. The summed E-state index contributed by atoms with van der Waals surface area (Å²) in [5, 5.41) is 7.00. The minimum absolute atomic E-state index is 0.485. The Morgan fingerprint density at radius 2 is 2.17 bits per heavy atom. The molecule has 12 heavy (non-hydrogen) atoms. The summed E-state index contributed by atoms with van der Waals surface area (Å²) in [4.78, 5) is 0. The van der Waals surface area contributed by atoms with Gasteiger partial charge in [0, 0.05) is 19.5 Å². The molecule has 0 amide bonds. The Hall–Kier alpha value is 0.620. The standard InChI is InChI=1S/C7H14OS2.CH4O/c1-2-9-10-7-5-3-4-6-8-7;1-2/h7H,2-6H2,1H3;2H,1H3. The van der Waals surface area contributed by atoms with Crippen molar-refractivity contribution in [1.82, 2.24) is 0 Å². The lowest BCUT2D eigenvalue weighted by atomic mass is 10.2. The zero-order valence-electron chi connectivity index (χ0n) is 7.78. The number of hydrogen-bond acceptors (Lipinski definition) is 4. The van der Waals surface area contributed by atoms with Crippen LogP contribution in [0.1, 0.15) is 26.2 Å². The molecule has 1 saturated heterocycles. The van der Waals surface area contributed by atoms with Gasteiger partial charge in [-0.2, -0.15) is 0 Å². The summed E-state index contributed by atoms with van der Waals surface area (Å²) < 4.78 is 5.52. The summed E-state index contributed by atoms with van der Waals surface area (Å²) in [6.45, 7) is 3.16. The highest BCUT2D eigenvalue weighted by atomic mass is 33.1. The molecular weight excluding hydrogens is 192 g/mol. The van der Waals surface area contributed by atoms with E-state index in [1.807, 2.05) is 21.6 Å². The van der Waals surface area contributed by atoms with Crippen molar-refractivity contribution in [3.05, 3.63) is 0 Å². The van der Waals surface area contributed by atoms with Gasteiger partial charge in [-0.05, 0) is 19.3 Å². The molecule has 2 nitrogen and oxygen atoms in total. The molecule has 1 atom stereocenters. The molecular formula is C8H18O2S2. The third-order valence-electron chi connectivity index (χ3n) is 1.43. The van der Waals surface area contributed by atoms with E-state index in [0.29, 0.717) is 5.44 Å². The summed E-state index contributed by atoms with van der Waals surface area (Å²) >= 11 is 0. The van der Waals surface area contributed by atoms with Crippen LogP contribution in [0.2, 0.25) is 0 Å².